The number of carbonyl (C=O) groups is 1. The fraction of sp³-hybridized carbons (Fsp3) is 0.438. The lowest BCUT2D eigenvalue weighted by Crippen LogP contribution is -2.12. The van der Waals surface area contributed by atoms with Gasteiger partial charge in [-0.1, -0.05) is 30.4 Å². The molecule has 3 rings (SSSR count). The molecule has 0 atom stereocenters. The molecule has 5 nitrogen and oxygen atoms in total. The van der Waals surface area contributed by atoms with Crippen molar-refractivity contribution in [2.24, 2.45) is 0 Å². The van der Waals surface area contributed by atoms with E-state index in [0.29, 0.717) is 5.89 Å². The normalized spacial score (nSPS) is 16.0. The van der Waals surface area contributed by atoms with E-state index in [0.717, 1.165) is 25.7 Å². The largest absolute Gasteiger partial charge is 0.446 e. The summed E-state index contributed by atoms with van der Waals surface area (Å²) in [4.78, 5) is 12.1. The van der Waals surface area contributed by atoms with Crippen LogP contribution in [0.3, 0.4) is 0 Å². The number of thioether (sulfide) groups is 1. The van der Waals surface area contributed by atoms with Gasteiger partial charge in [-0.2, -0.15) is 13.2 Å². The molecular weight excluding hydrogens is 355 g/mol. The molecule has 0 unspecified atom stereocenters. The fourth-order valence-corrected chi connectivity index (χ4v) is 3.40. The van der Waals surface area contributed by atoms with E-state index in [-0.39, 0.29) is 34.2 Å². The quantitative estimate of drug-likeness (QED) is 0.768. The standard InChI is InChI=1S/C16H16F3N3O2S/c17-16(18,19)25-12-8-4-7-11(9-12)13(23)20-15-22-21-14(24-15)10-5-2-1-3-6-10/h4,7-10H,1-3,5-6H2,(H,20,22,23). The number of aromatic nitrogens is 2. The Kier molecular flexibility index (Phi) is 5.31. The molecule has 25 heavy (non-hydrogen) atoms. The van der Waals surface area contributed by atoms with Crippen molar-refractivity contribution in [1.29, 1.82) is 0 Å². The van der Waals surface area contributed by atoms with Gasteiger partial charge >= 0.3 is 11.5 Å². The van der Waals surface area contributed by atoms with Crippen LogP contribution in [0, 0.1) is 0 Å². The number of benzene rings is 1. The Balaban J connectivity index is 1.66. The van der Waals surface area contributed by atoms with E-state index in [2.05, 4.69) is 15.5 Å². The first-order chi connectivity index (χ1) is 11.9. The number of anilines is 1. The maximum absolute atomic E-state index is 12.4. The van der Waals surface area contributed by atoms with Crippen molar-refractivity contribution in [2.45, 2.75) is 48.4 Å². The predicted octanol–water partition coefficient (Wildman–Crippen LogP) is 4.98. The van der Waals surface area contributed by atoms with Crippen LogP contribution in [0.1, 0.15) is 54.3 Å². The molecule has 0 radical (unpaired) electrons. The van der Waals surface area contributed by atoms with Crippen molar-refractivity contribution in [1.82, 2.24) is 10.2 Å². The molecule has 1 aliphatic carbocycles. The molecule has 1 aromatic heterocycles. The maximum atomic E-state index is 12.4. The lowest BCUT2D eigenvalue weighted by molar-refractivity contribution is -0.0328. The van der Waals surface area contributed by atoms with Crippen molar-refractivity contribution in [2.75, 3.05) is 5.32 Å². The predicted molar refractivity (Wildman–Crippen MR) is 86.4 cm³/mol. The lowest BCUT2D eigenvalue weighted by Gasteiger charge is -2.17. The van der Waals surface area contributed by atoms with E-state index in [1.807, 2.05) is 0 Å². The van der Waals surface area contributed by atoms with Gasteiger partial charge in [0.2, 0.25) is 5.89 Å². The van der Waals surface area contributed by atoms with Crippen LogP contribution < -0.4 is 5.32 Å². The maximum Gasteiger partial charge on any atom is 0.446 e. The van der Waals surface area contributed by atoms with Crippen molar-refractivity contribution in [3.63, 3.8) is 0 Å². The van der Waals surface area contributed by atoms with Gasteiger partial charge in [0.1, 0.15) is 0 Å². The van der Waals surface area contributed by atoms with Gasteiger partial charge in [-0.25, -0.2) is 0 Å². The van der Waals surface area contributed by atoms with Crippen molar-refractivity contribution in [3.8, 4) is 0 Å². The van der Waals surface area contributed by atoms with Crippen LogP contribution in [0.15, 0.2) is 33.6 Å². The van der Waals surface area contributed by atoms with Gasteiger partial charge in [-0.15, -0.1) is 5.10 Å². The Hall–Kier alpha value is -2.03. The fourth-order valence-electron chi connectivity index (χ4n) is 2.80. The molecule has 2 aromatic rings. The van der Waals surface area contributed by atoms with Gasteiger partial charge in [-0.3, -0.25) is 10.1 Å². The van der Waals surface area contributed by atoms with Gasteiger partial charge < -0.3 is 4.42 Å². The summed E-state index contributed by atoms with van der Waals surface area (Å²) in [7, 11) is 0. The zero-order chi connectivity index (χ0) is 17.9. The first-order valence-corrected chi connectivity index (χ1v) is 8.73. The molecule has 1 saturated carbocycles. The Morgan fingerprint density at radius 2 is 1.96 bits per heavy atom. The van der Waals surface area contributed by atoms with Crippen molar-refractivity contribution in [3.05, 3.63) is 35.7 Å². The molecule has 134 valence electrons. The third-order valence-corrected chi connectivity index (χ3v) is 4.67. The molecule has 1 N–H and O–H groups in total. The third-order valence-electron chi connectivity index (χ3n) is 3.95. The highest BCUT2D eigenvalue weighted by Crippen LogP contribution is 2.37. The molecule has 0 spiro atoms. The van der Waals surface area contributed by atoms with Gasteiger partial charge in [0, 0.05) is 16.4 Å². The minimum atomic E-state index is -4.41. The molecule has 9 heteroatoms. The highest BCUT2D eigenvalue weighted by molar-refractivity contribution is 8.00. The number of halogens is 3. The molecule has 0 bridgehead atoms. The van der Waals surface area contributed by atoms with Gasteiger partial charge in [0.25, 0.3) is 5.91 Å². The third kappa shape index (κ3) is 4.97. The summed E-state index contributed by atoms with van der Waals surface area (Å²) in [6.45, 7) is 0. The van der Waals surface area contributed by atoms with Crippen LogP contribution in [-0.2, 0) is 0 Å². The lowest BCUT2D eigenvalue weighted by atomic mass is 9.89. The molecule has 0 saturated heterocycles. The smallest absolute Gasteiger partial charge is 0.408 e. The number of nitrogens with zero attached hydrogens (tertiary/aromatic N) is 2. The van der Waals surface area contributed by atoms with E-state index in [9.17, 15) is 18.0 Å². The van der Waals surface area contributed by atoms with Gasteiger partial charge in [-0.05, 0) is 42.8 Å². The minimum Gasteiger partial charge on any atom is -0.408 e. The summed E-state index contributed by atoms with van der Waals surface area (Å²) in [5.41, 5.74) is -4.32. The zero-order valence-corrected chi connectivity index (χ0v) is 14.0. The number of rotatable bonds is 4. The van der Waals surface area contributed by atoms with E-state index in [1.165, 1.54) is 30.7 Å². The van der Waals surface area contributed by atoms with E-state index >= 15 is 0 Å². The first-order valence-electron chi connectivity index (χ1n) is 7.91. The monoisotopic (exact) mass is 371 g/mol. The van der Waals surface area contributed by atoms with Crippen LogP contribution in [0.2, 0.25) is 0 Å². The Bertz CT molecular complexity index is 742. The molecule has 1 amide bonds. The van der Waals surface area contributed by atoms with E-state index in [1.54, 1.807) is 0 Å². The summed E-state index contributed by atoms with van der Waals surface area (Å²) in [6.07, 6.45) is 5.37. The summed E-state index contributed by atoms with van der Waals surface area (Å²) < 4.78 is 42.8. The van der Waals surface area contributed by atoms with Gasteiger partial charge in [0.15, 0.2) is 0 Å². The number of alkyl halides is 3. The number of nitrogens with one attached hydrogen (secondary N) is 1. The van der Waals surface area contributed by atoms with E-state index in [4.69, 9.17) is 4.42 Å². The Morgan fingerprint density at radius 1 is 1.20 bits per heavy atom. The zero-order valence-electron chi connectivity index (χ0n) is 13.2. The van der Waals surface area contributed by atoms with Gasteiger partial charge in [0.05, 0.1) is 0 Å². The molecule has 0 aliphatic heterocycles. The SMILES string of the molecule is O=C(Nc1nnc(C2CCCCC2)o1)c1cccc(SC(F)(F)F)c1. The van der Waals surface area contributed by atoms with Crippen LogP contribution in [0.4, 0.5) is 19.2 Å². The number of hydrogen-bond donors (Lipinski definition) is 1. The molecule has 1 aliphatic rings. The summed E-state index contributed by atoms with van der Waals surface area (Å²) in [5, 5.41) is 10.2. The van der Waals surface area contributed by atoms with Crippen LogP contribution >= 0.6 is 11.8 Å². The second-order valence-corrected chi connectivity index (χ2v) is 6.95. The summed E-state index contributed by atoms with van der Waals surface area (Å²) >= 11 is -0.270. The second kappa shape index (κ2) is 7.47. The topological polar surface area (TPSA) is 68.0 Å². The number of amides is 1. The highest BCUT2D eigenvalue weighted by Gasteiger charge is 2.29. The minimum absolute atomic E-state index is 0.0422. The Morgan fingerprint density at radius 3 is 2.68 bits per heavy atom. The van der Waals surface area contributed by atoms with E-state index < -0.39 is 11.4 Å². The Labute approximate surface area is 146 Å². The number of hydrogen-bond acceptors (Lipinski definition) is 5. The van der Waals surface area contributed by atoms with Crippen LogP contribution in [0.5, 0.6) is 0 Å². The highest BCUT2D eigenvalue weighted by atomic mass is 32.2. The molecule has 1 heterocycles. The number of carbonyl (C=O) groups excluding carboxylic acids is 1. The van der Waals surface area contributed by atoms with Crippen molar-refractivity contribution < 1.29 is 22.4 Å². The van der Waals surface area contributed by atoms with Crippen LogP contribution in [0.25, 0.3) is 0 Å². The average Bonchev–Trinajstić information content (AvgIpc) is 3.03. The molecule has 1 aromatic carbocycles. The molecule has 1 fully saturated rings. The van der Waals surface area contributed by atoms with Crippen LogP contribution in [-0.4, -0.2) is 21.6 Å². The first kappa shape index (κ1) is 17.8. The average molecular weight is 371 g/mol. The summed E-state index contributed by atoms with van der Waals surface area (Å²) in [5.74, 6) is 0.110. The van der Waals surface area contributed by atoms with Crippen molar-refractivity contribution >= 4 is 23.7 Å². The summed E-state index contributed by atoms with van der Waals surface area (Å²) in [6, 6.07) is 5.24. The molecular formula is C16H16F3N3O2S. The second-order valence-electron chi connectivity index (χ2n) is 5.81.